The summed E-state index contributed by atoms with van der Waals surface area (Å²) in [6.45, 7) is 1.53. The summed E-state index contributed by atoms with van der Waals surface area (Å²) in [7, 11) is 0. The van der Waals surface area contributed by atoms with E-state index in [-0.39, 0.29) is 43.5 Å². The summed E-state index contributed by atoms with van der Waals surface area (Å²) in [5.41, 5.74) is -0.624. The number of halogens is 11. The minimum Gasteiger partial charge on any atom is -0.300 e. The number of ketones is 2. The Kier molecular flexibility index (Phi) is 11.3. The molecule has 0 radical (unpaired) electrons. The van der Waals surface area contributed by atoms with Gasteiger partial charge in [-0.2, -0.15) is 26.3 Å². The topological polar surface area (TPSA) is 34.1 Å². The Morgan fingerprint density at radius 1 is 0.974 bits per heavy atom. The molecule has 0 aliphatic carbocycles. The second-order valence-corrected chi connectivity index (χ2v) is 10.7. The van der Waals surface area contributed by atoms with Gasteiger partial charge in [0.05, 0.1) is 21.5 Å². The van der Waals surface area contributed by atoms with Crippen LogP contribution in [-0.2, 0) is 4.79 Å². The molecule has 0 amide bonds. The molecule has 0 bridgehead atoms. The van der Waals surface area contributed by atoms with Crippen LogP contribution < -0.4 is 0 Å². The number of hydrogen-bond acceptors (Lipinski definition) is 2. The summed E-state index contributed by atoms with van der Waals surface area (Å²) in [5.74, 6) is -5.32. The van der Waals surface area contributed by atoms with E-state index < -0.39 is 60.0 Å². The number of carbonyl (C=O) groups excluding carboxylic acids is 2. The Hall–Kier alpha value is -1.62. The molecule has 2 nitrogen and oxygen atoms in total. The lowest BCUT2D eigenvalue weighted by molar-refractivity contribution is -0.143. The molecule has 0 fully saturated rings. The van der Waals surface area contributed by atoms with Crippen LogP contribution in [-0.4, -0.2) is 23.9 Å². The molecule has 0 heterocycles. The van der Waals surface area contributed by atoms with Crippen molar-refractivity contribution in [2.45, 2.75) is 50.9 Å². The number of alkyl halides is 6. The first-order valence-electron chi connectivity index (χ1n) is 10.9. The highest BCUT2D eigenvalue weighted by Crippen LogP contribution is 2.42. The molecule has 0 saturated heterocycles. The van der Waals surface area contributed by atoms with E-state index in [1.165, 1.54) is 13.0 Å². The average molecular weight is 671 g/mol. The summed E-state index contributed by atoms with van der Waals surface area (Å²) in [4.78, 5) is 24.4. The largest absolute Gasteiger partial charge is 0.399 e. The quantitative estimate of drug-likeness (QED) is 0.143. The Bertz CT molecular complexity index is 1200. The van der Waals surface area contributed by atoms with E-state index in [1.54, 1.807) is 0 Å². The van der Waals surface area contributed by atoms with Crippen LogP contribution in [0.5, 0.6) is 0 Å². The number of Topliss-reactive ketones (excluding diaryl/α,β-unsaturated/α-hetero) is 2. The standard InChI is InChI=1S/C25H19BrCl3F7O2/c1-12(6-15(37)4-5-24(31,32)33)7-22(38)16-3-2-13(8-18(16)26)21(30)11-17(25(34,35)36)14-9-19(27)23(29)20(28)10-14/h2-3,8-12,17H,4-7H2,1H3/b21-11-/t12-,17?/m1/s1. The Morgan fingerprint density at radius 2 is 1.55 bits per heavy atom. The molecule has 0 N–H and O–H groups in total. The molecule has 0 saturated carbocycles. The van der Waals surface area contributed by atoms with Gasteiger partial charge < -0.3 is 0 Å². The van der Waals surface area contributed by atoms with E-state index in [1.807, 2.05) is 0 Å². The first kappa shape index (κ1) is 32.6. The van der Waals surface area contributed by atoms with E-state index in [0.29, 0.717) is 6.08 Å². The van der Waals surface area contributed by atoms with Crippen LogP contribution in [0.2, 0.25) is 15.1 Å². The van der Waals surface area contributed by atoms with Gasteiger partial charge in [-0.25, -0.2) is 4.39 Å². The smallest absolute Gasteiger partial charge is 0.300 e. The van der Waals surface area contributed by atoms with Crippen molar-refractivity contribution >= 4 is 68.1 Å². The fourth-order valence-electron chi connectivity index (χ4n) is 3.54. The number of hydrogen-bond donors (Lipinski definition) is 0. The zero-order chi connectivity index (χ0) is 29.0. The summed E-state index contributed by atoms with van der Waals surface area (Å²) >= 11 is 20.6. The minimum atomic E-state index is -4.90. The van der Waals surface area contributed by atoms with Crippen molar-refractivity contribution in [1.82, 2.24) is 0 Å². The van der Waals surface area contributed by atoms with Crippen LogP contribution in [0.15, 0.2) is 40.9 Å². The van der Waals surface area contributed by atoms with Gasteiger partial charge in [0.1, 0.15) is 17.5 Å². The molecule has 0 spiro atoms. The van der Waals surface area contributed by atoms with Gasteiger partial charge in [0.25, 0.3) is 0 Å². The molecule has 38 heavy (non-hydrogen) atoms. The van der Waals surface area contributed by atoms with Gasteiger partial charge in [0.2, 0.25) is 0 Å². The molecule has 0 aliphatic heterocycles. The number of benzene rings is 2. The summed E-state index contributed by atoms with van der Waals surface area (Å²) in [5, 5.41) is -0.620. The van der Waals surface area contributed by atoms with Crippen LogP contribution in [0.4, 0.5) is 30.7 Å². The van der Waals surface area contributed by atoms with E-state index in [0.717, 1.165) is 24.3 Å². The Balaban J connectivity index is 2.21. The lowest BCUT2D eigenvalue weighted by Gasteiger charge is -2.19. The fraction of sp³-hybridized carbons (Fsp3) is 0.360. The van der Waals surface area contributed by atoms with Crippen LogP contribution in [0.1, 0.15) is 60.0 Å². The maximum absolute atomic E-state index is 15.0. The molecule has 208 valence electrons. The highest BCUT2D eigenvalue weighted by molar-refractivity contribution is 9.10. The van der Waals surface area contributed by atoms with Gasteiger partial charge in [-0.15, -0.1) is 0 Å². The lowest BCUT2D eigenvalue weighted by atomic mass is 9.93. The predicted molar refractivity (Wildman–Crippen MR) is 137 cm³/mol. The maximum atomic E-state index is 15.0. The monoisotopic (exact) mass is 668 g/mol. The van der Waals surface area contributed by atoms with Crippen LogP contribution in [0.3, 0.4) is 0 Å². The van der Waals surface area contributed by atoms with Crippen molar-refractivity contribution in [3.8, 4) is 0 Å². The lowest BCUT2D eigenvalue weighted by Crippen LogP contribution is -2.19. The second-order valence-electron chi connectivity index (χ2n) is 8.62. The number of rotatable bonds is 10. The fourth-order valence-corrected chi connectivity index (χ4v) is 4.75. The van der Waals surface area contributed by atoms with Gasteiger partial charge in [-0.05, 0) is 41.8 Å². The highest BCUT2D eigenvalue weighted by atomic mass is 79.9. The molecule has 2 aromatic rings. The van der Waals surface area contributed by atoms with Crippen LogP contribution in [0, 0.1) is 5.92 Å². The van der Waals surface area contributed by atoms with Gasteiger partial charge in [0, 0.05) is 34.9 Å². The van der Waals surface area contributed by atoms with Crippen molar-refractivity contribution < 1.29 is 40.3 Å². The normalized spacial score (nSPS) is 14.4. The third-order valence-corrected chi connectivity index (χ3v) is 7.23. The third-order valence-electron chi connectivity index (χ3n) is 5.37. The third kappa shape index (κ3) is 9.54. The molecule has 2 rings (SSSR count). The molecule has 0 aromatic heterocycles. The molecule has 13 heteroatoms. The second kappa shape index (κ2) is 13.2. The first-order valence-corrected chi connectivity index (χ1v) is 12.8. The molecule has 2 atom stereocenters. The predicted octanol–water partition coefficient (Wildman–Crippen LogP) is 10.6. The van der Waals surface area contributed by atoms with Crippen LogP contribution in [0.25, 0.3) is 5.83 Å². The van der Waals surface area contributed by atoms with Gasteiger partial charge in [0.15, 0.2) is 5.78 Å². The zero-order valence-corrected chi connectivity index (χ0v) is 23.3. The van der Waals surface area contributed by atoms with Crippen molar-refractivity contribution in [2.75, 3.05) is 0 Å². The van der Waals surface area contributed by atoms with Crippen molar-refractivity contribution in [3.05, 3.63) is 72.6 Å². The van der Waals surface area contributed by atoms with Crippen molar-refractivity contribution in [1.29, 1.82) is 0 Å². The highest BCUT2D eigenvalue weighted by Gasteiger charge is 2.40. The van der Waals surface area contributed by atoms with Crippen LogP contribution >= 0.6 is 50.7 Å². The van der Waals surface area contributed by atoms with Crippen molar-refractivity contribution in [3.63, 3.8) is 0 Å². The molecule has 1 unspecified atom stereocenters. The molecular weight excluding hydrogens is 652 g/mol. The summed E-state index contributed by atoms with van der Waals surface area (Å²) < 4.78 is 93.1. The minimum absolute atomic E-state index is 0.0692. The molecule has 2 aromatic carbocycles. The molecule has 0 aliphatic rings. The summed E-state index contributed by atoms with van der Waals surface area (Å²) in [6, 6.07) is 5.30. The first-order chi connectivity index (χ1) is 17.4. The van der Waals surface area contributed by atoms with Gasteiger partial charge >= 0.3 is 12.4 Å². The number of allylic oxidation sites excluding steroid dienone is 1. The van der Waals surface area contributed by atoms with E-state index in [2.05, 4.69) is 15.9 Å². The van der Waals surface area contributed by atoms with Gasteiger partial charge in [-0.3, -0.25) is 9.59 Å². The van der Waals surface area contributed by atoms with Crippen molar-refractivity contribution in [2.24, 2.45) is 5.92 Å². The number of carbonyl (C=O) groups is 2. The van der Waals surface area contributed by atoms with E-state index in [4.69, 9.17) is 34.8 Å². The molecular formula is C25H19BrCl3F7O2. The zero-order valence-electron chi connectivity index (χ0n) is 19.4. The average Bonchev–Trinajstić information content (AvgIpc) is 2.77. The van der Waals surface area contributed by atoms with E-state index >= 15 is 0 Å². The summed E-state index contributed by atoms with van der Waals surface area (Å²) in [6.07, 6.45) is -11.4. The SMILES string of the molecule is C[C@H](CC(=O)CCC(F)(F)F)CC(=O)c1ccc(/C(F)=C/C(c2cc(Cl)c(Cl)c(Cl)c2)C(F)(F)F)cc1Br. The Morgan fingerprint density at radius 3 is 2.05 bits per heavy atom. The maximum Gasteiger partial charge on any atom is 0.399 e. The van der Waals surface area contributed by atoms with Gasteiger partial charge in [-0.1, -0.05) is 63.7 Å². The Labute approximate surface area is 237 Å². The van der Waals surface area contributed by atoms with E-state index in [9.17, 15) is 40.3 Å².